The van der Waals surface area contributed by atoms with Crippen molar-refractivity contribution in [1.29, 1.82) is 0 Å². The zero-order valence-corrected chi connectivity index (χ0v) is 16.4. The van der Waals surface area contributed by atoms with Crippen LogP contribution in [0.2, 0.25) is 5.02 Å². The van der Waals surface area contributed by atoms with Crippen molar-refractivity contribution in [2.45, 2.75) is 30.1 Å². The Kier molecular flexibility index (Phi) is 4.29. The van der Waals surface area contributed by atoms with E-state index in [4.69, 9.17) is 16.3 Å². The quantitative estimate of drug-likeness (QED) is 0.424. The van der Waals surface area contributed by atoms with Crippen molar-refractivity contribution in [3.8, 4) is 5.75 Å². The lowest BCUT2D eigenvalue weighted by molar-refractivity contribution is -0.142. The summed E-state index contributed by atoms with van der Waals surface area (Å²) >= 11 is 6.11. The third-order valence-corrected chi connectivity index (χ3v) is 6.56. The standard InChI is InChI=1S/C25H19ClO3/c26-18-12-10-17(11-13-18)22-15-19(27)14-21(16-6-2-1-3-7-16)25(22)20-8-4-5-9-23(20)29-24(25)28/h1-13,21-22H,14-15H2/t21-,22-,25+/m0/s1. The molecule has 0 saturated heterocycles. The van der Waals surface area contributed by atoms with Crippen LogP contribution in [0, 0.1) is 0 Å². The van der Waals surface area contributed by atoms with Gasteiger partial charge in [-0.15, -0.1) is 0 Å². The number of rotatable bonds is 2. The highest BCUT2D eigenvalue weighted by Gasteiger charge is 2.62. The lowest BCUT2D eigenvalue weighted by Gasteiger charge is -2.44. The SMILES string of the molecule is O=C1C[C@@H](c2ccccc2)[C@@]2(C(=O)Oc3ccccc32)[C@H](c2ccc(Cl)cc2)C1. The van der Waals surface area contributed by atoms with Crippen LogP contribution < -0.4 is 4.74 Å². The van der Waals surface area contributed by atoms with Crippen molar-refractivity contribution >= 4 is 23.4 Å². The van der Waals surface area contributed by atoms with Gasteiger partial charge < -0.3 is 4.74 Å². The molecule has 1 spiro atoms. The molecule has 1 saturated carbocycles. The Balaban J connectivity index is 1.79. The summed E-state index contributed by atoms with van der Waals surface area (Å²) in [7, 11) is 0. The van der Waals surface area contributed by atoms with Crippen LogP contribution in [0.4, 0.5) is 0 Å². The first-order valence-corrected chi connectivity index (χ1v) is 10.1. The van der Waals surface area contributed by atoms with Gasteiger partial charge in [0.2, 0.25) is 0 Å². The highest BCUT2D eigenvalue weighted by atomic mass is 35.5. The van der Waals surface area contributed by atoms with E-state index >= 15 is 0 Å². The molecular weight excluding hydrogens is 384 g/mol. The molecule has 4 heteroatoms. The third kappa shape index (κ3) is 2.72. The zero-order valence-electron chi connectivity index (χ0n) is 15.7. The number of esters is 1. The topological polar surface area (TPSA) is 43.4 Å². The number of para-hydroxylation sites is 1. The molecule has 144 valence electrons. The van der Waals surface area contributed by atoms with Crippen LogP contribution in [0.15, 0.2) is 78.9 Å². The molecule has 5 rings (SSSR count). The molecule has 1 aliphatic carbocycles. The summed E-state index contributed by atoms with van der Waals surface area (Å²) in [6.07, 6.45) is 0.617. The predicted molar refractivity (Wildman–Crippen MR) is 111 cm³/mol. The van der Waals surface area contributed by atoms with Crippen LogP contribution in [-0.4, -0.2) is 11.8 Å². The van der Waals surface area contributed by atoms with Gasteiger partial charge in [-0.25, -0.2) is 0 Å². The van der Waals surface area contributed by atoms with Crippen molar-refractivity contribution in [3.63, 3.8) is 0 Å². The van der Waals surface area contributed by atoms with E-state index in [0.717, 1.165) is 16.7 Å². The van der Waals surface area contributed by atoms with E-state index < -0.39 is 5.41 Å². The summed E-state index contributed by atoms with van der Waals surface area (Å²) in [5, 5.41) is 0.624. The summed E-state index contributed by atoms with van der Waals surface area (Å²) in [5.41, 5.74) is 1.83. The van der Waals surface area contributed by atoms with Crippen LogP contribution in [-0.2, 0) is 15.0 Å². The highest BCUT2D eigenvalue weighted by molar-refractivity contribution is 6.30. The molecule has 0 amide bonds. The first-order valence-electron chi connectivity index (χ1n) is 9.74. The normalized spacial score (nSPS) is 25.7. The summed E-state index contributed by atoms with van der Waals surface area (Å²) in [4.78, 5) is 26.5. The largest absolute Gasteiger partial charge is 0.426 e. The average Bonchev–Trinajstić information content (AvgIpc) is 3.03. The Labute approximate surface area is 174 Å². The maximum absolute atomic E-state index is 13.6. The Hall–Kier alpha value is -2.91. The molecule has 2 aliphatic rings. The Bertz CT molecular complexity index is 1090. The van der Waals surface area contributed by atoms with Gasteiger partial charge in [0.25, 0.3) is 0 Å². The molecule has 0 bridgehead atoms. The maximum atomic E-state index is 13.6. The van der Waals surface area contributed by atoms with Crippen LogP contribution in [0.25, 0.3) is 0 Å². The fourth-order valence-electron chi connectivity index (χ4n) is 5.10. The van der Waals surface area contributed by atoms with E-state index in [1.54, 1.807) is 0 Å². The second-order valence-electron chi connectivity index (χ2n) is 7.77. The number of carbonyl (C=O) groups is 2. The first kappa shape index (κ1) is 18.1. The summed E-state index contributed by atoms with van der Waals surface area (Å²) < 4.78 is 5.79. The third-order valence-electron chi connectivity index (χ3n) is 6.31. The maximum Gasteiger partial charge on any atom is 0.323 e. The molecule has 3 aromatic carbocycles. The second-order valence-corrected chi connectivity index (χ2v) is 8.21. The van der Waals surface area contributed by atoms with E-state index in [1.165, 1.54) is 0 Å². The monoisotopic (exact) mass is 402 g/mol. The number of ketones is 1. The molecule has 0 N–H and O–H groups in total. The molecule has 3 nitrogen and oxygen atoms in total. The summed E-state index contributed by atoms with van der Waals surface area (Å²) in [6.45, 7) is 0. The van der Waals surface area contributed by atoms with E-state index in [9.17, 15) is 9.59 Å². The first-order chi connectivity index (χ1) is 14.1. The van der Waals surface area contributed by atoms with Crippen LogP contribution in [0.5, 0.6) is 5.75 Å². The molecule has 1 aliphatic heterocycles. The van der Waals surface area contributed by atoms with E-state index in [0.29, 0.717) is 23.6 Å². The second kappa shape index (κ2) is 6.85. The number of ether oxygens (including phenoxy) is 1. The number of benzene rings is 3. The van der Waals surface area contributed by atoms with Crippen molar-refractivity contribution < 1.29 is 14.3 Å². The van der Waals surface area contributed by atoms with Crippen molar-refractivity contribution in [2.75, 3.05) is 0 Å². The summed E-state index contributed by atoms with van der Waals surface area (Å²) in [5.74, 6) is -0.141. The molecule has 0 radical (unpaired) electrons. The van der Waals surface area contributed by atoms with Gasteiger partial charge in [0, 0.05) is 35.3 Å². The van der Waals surface area contributed by atoms with Gasteiger partial charge in [-0.3, -0.25) is 9.59 Å². The molecule has 29 heavy (non-hydrogen) atoms. The lowest BCUT2D eigenvalue weighted by atomic mass is 9.54. The van der Waals surface area contributed by atoms with E-state index in [1.807, 2.05) is 78.9 Å². The minimum Gasteiger partial charge on any atom is -0.426 e. The Morgan fingerprint density at radius 3 is 2.03 bits per heavy atom. The van der Waals surface area contributed by atoms with Crippen LogP contribution in [0.3, 0.4) is 0 Å². The Morgan fingerprint density at radius 2 is 1.34 bits per heavy atom. The number of fused-ring (bicyclic) bond motifs is 2. The molecule has 1 heterocycles. The van der Waals surface area contributed by atoms with Crippen molar-refractivity contribution in [1.82, 2.24) is 0 Å². The predicted octanol–water partition coefficient (Wildman–Crippen LogP) is 5.43. The van der Waals surface area contributed by atoms with Gasteiger partial charge in [-0.2, -0.15) is 0 Å². The smallest absolute Gasteiger partial charge is 0.323 e. The number of carbonyl (C=O) groups excluding carboxylic acids is 2. The van der Waals surface area contributed by atoms with Crippen molar-refractivity contribution in [3.05, 3.63) is 101 Å². The fraction of sp³-hybridized carbons (Fsp3) is 0.200. The average molecular weight is 403 g/mol. The van der Waals surface area contributed by atoms with E-state index in [-0.39, 0.29) is 23.6 Å². The number of hydrogen-bond acceptors (Lipinski definition) is 3. The summed E-state index contributed by atoms with van der Waals surface area (Å²) in [6, 6.07) is 24.9. The van der Waals surface area contributed by atoms with Gasteiger partial charge in [-0.05, 0) is 29.3 Å². The molecule has 3 aromatic rings. The molecule has 0 aromatic heterocycles. The molecule has 3 atom stereocenters. The minimum atomic E-state index is -0.945. The zero-order chi connectivity index (χ0) is 20.0. The lowest BCUT2D eigenvalue weighted by Crippen LogP contribution is -2.49. The number of hydrogen-bond donors (Lipinski definition) is 0. The fourth-order valence-corrected chi connectivity index (χ4v) is 5.22. The van der Waals surface area contributed by atoms with Gasteiger partial charge in [0.15, 0.2) is 0 Å². The number of Topliss-reactive ketones (excluding diaryl/α,β-unsaturated/α-hetero) is 1. The molecule has 0 unspecified atom stereocenters. The van der Waals surface area contributed by atoms with Gasteiger partial charge in [0.1, 0.15) is 16.9 Å². The highest BCUT2D eigenvalue weighted by Crippen LogP contribution is 2.60. The van der Waals surface area contributed by atoms with Gasteiger partial charge in [0.05, 0.1) is 0 Å². The Morgan fingerprint density at radius 1 is 0.759 bits per heavy atom. The van der Waals surface area contributed by atoms with Crippen LogP contribution in [0.1, 0.15) is 41.4 Å². The van der Waals surface area contributed by atoms with Crippen molar-refractivity contribution in [2.24, 2.45) is 0 Å². The molecule has 1 fully saturated rings. The number of halogens is 1. The van der Waals surface area contributed by atoms with Crippen LogP contribution >= 0.6 is 11.6 Å². The van der Waals surface area contributed by atoms with E-state index in [2.05, 4.69) is 0 Å². The molecular formula is C25H19ClO3. The van der Waals surface area contributed by atoms with Gasteiger partial charge >= 0.3 is 5.97 Å². The van der Waals surface area contributed by atoms with Gasteiger partial charge in [-0.1, -0.05) is 72.3 Å². The minimum absolute atomic E-state index is 0.154.